The Morgan fingerprint density at radius 2 is 1.90 bits per heavy atom. The van der Waals surface area contributed by atoms with E-state index in [9.17, 15) is 0 Å². The summed E-state index contributed by atoms with van der Waals surface area (Å²) < 4.78 is 16.9. The van der Waals surface area contributed by atoms with Gasteiger partial charge in [0.1, 0.15) is 19.0 Å². The highest BCUT2D eigenvalue weighted by atomic mass is 16.6. The maximum atomic E-state index is 5.69. The lowest BCUT2D eigenvalue weighted by Crippen LogP contribution is -2.23. The minimum atomic E-state index is 0.111. The zero-order valence-electron chi connectivity index (χ0n) is 12.5. The summed E-state index contributed by atoms with van der Waals surface area (Å²) in [5.74, 6) is 2.67. The number of benzene rings is 1. The van der Waals surface area contributed by atoms with E-state index in [2.05, 4.69) is 31.3 Å². The molecular formula is C17H21NO3. The topological polar surface area (TPSA) is 43.6 Å². The van der Waals surface area contributed by atoms with Crippen LogP contribution in [0.25, 0.3) is 0 Å². The van der Waals surface area contributed by atoms with Crippen molar-refractivity contribution in [2.45, 2.75) is 26.3 Å². The number of hydrogen-bond donors (Lipinski definition) is 1. The fraction of sp³-hybridized carbons (Fsp3) is 0.412. The zero-order valence-corrected chi connectivity index (χ0v) is 12.5. The Labute approximate surface area is 125 Å². The van der Waals surface area contributed by atoms with Crippen LogP contribution in [0.2, 0.25) is 0 Å². The molecule has 1 aromatic heterocycles. The summed E-state index contributed by atoms with van der Waals surface area (Å²) in [6.07, 6.45) is 2.64. The summed E-state index contributed by atoms with van der Waals surface area (Å²) in [4.78, 5) is 0. The van der Waals surface area contributed by atoms with Crippen LogP contribution in [-0.2, 0) is 6.42 Å². The summed E-state index contributed by atoms with van der Waals surface area (Å²) in [6.45, 7) is 6.32. The number of ether oxygens (including phenoxy) is 2. The number of fused-ring (bicyclic) bond motifs is 1. The maximum Gasteiger partial charge on any atom is 0.161 e. The van der Waals surface area contributed by atoms with Crippen LogP contribution < -0.4 is 14.8 Å². The third-order valence-corrected chi connectivity index (χ3v) is 3.72. The van der Waals surface area contributed by atoms with Crippen LogP contribution >= 0.6 is 0 Å². The molecule has 4 heteroatoms. The molecule has 2 aromatic rings. The second kappa shape index (κ2) is 6.22. The Morgan fingerprint density at radius 3 is 2.67 bits per heavy atom. The smallest absolute Gasteiger partial charge is 0.161 e. The summed E-state index contributed by atoms with van der Waals surface area (Å²) >= 11 is 0. The second-order valence-electron chi connectivity index (χ2n) is 5.05. The molecule has 0 amide bonds. The Kier molecular flexibility index (Phi) is 4.15. The molecule has 4 nitrogen and oxygen atoms in total. The van der Waals surface area contributed by atoms with Crippen molar-refractivity contribution in [3.8, 4) is 11.5 Å². The first-order valence-electron chi connectivity index (χ1n) is 7.52. The van der Waals surface area contributed by atoms with E-state index in [4.69, 9.17) is 13.9 Å². The fourth-order valence-electron chi connectivity index (χ4n) is 2.75. The lowest BCUT2D eigenvalue weighted by atomic mass is 9.97. The van der Waals surface area contributed by atoms with E-state index < -0.39 is 0 Å². The summed E-state index contributed by atoms with van der Waals surface area (Å²) in [6, 6.07) is 8.30. The molecule has 1 aliphatic heterocycles. The quantitative estimate of drug-likeness (QED) is 0.916. The molecule has 0 saturated carbocycles. The van der Waals surface area contributed by atoms with Crippen molar-refractivity contribution in [2.24, 2.45) is 0 Å². The normalized spacial score (nSPS) is 15.0. The second-order valence-corrected chi connectivity index (χ2v) is 5.05. The van der Waals surface area contributed by atoms with Gasteiger partial charge in [0.05, 0.1) is 12.3 Å². The minimum absolute atomic E-state index is 0.111. The van der Waals surface area contributed by atoms with E-state index in [0.29, 0.717) is 13.2 Å². The lowest BCUT2D eigenvalue weighted by Gasteiger charge is -2.23. The van der Waals surface area contributed by atoms with E-state index >= 15 is 0 Å². The van der Waals surface area contributed by atoms with Gasteiger partial charge >= 0.3 is 0 Å². The van der Waals surface area contributed by atoms with Crippen LogP contribution in [0.15, 0.2) is 34.9 Å². The molecule has 1 atom stereocenters. The first-order chi connectivity index (χ1) is 10.3. The van der Waals surface area contributed by atoms with Gasteiger partial charge in [-0.15, -0.1) is 0 Å². The third-order valence-electron chi connectivity index (χ3n) is 3.72. The van der Waals surface area contributed by atoms with Gasteiger partial charge in [0.2, 0.25) is 0 Å². The van der Waals surface area contributed by atoms with Crippen molar-refractivity contribution >= 4 is 0 Å². The molecule has 3 rings (SSSR count). The highest BCUT2D eigenvalue weighted by Gasteiger charge is 2.21. The van der Waals surface area contributed by atoms with Crippen molar-refractivity contribution in [3.05, 3.63) is 47.4 Å². The molecule has 0 radical (unpaired) electrons. The molecule has 0 aliphatic carbocycles. The first-order valence-corrected chi connectivity index (χ1v) is 7.52. The molecule has 1 aromatic carbocycles. The van der Waals surface area contributed by atoms with Gasteiger partial charge in [-0.2, -0.15) is 0 Å². The summed E-state index contributed by atoms with van der Waals surface area (Å²) in [5.41, 5.74) is 2.35. The van der Waals surface area contributed by atoms with Gasteiger partial charge in [-0.25, -0.2) is 0 Å². The van der Waals surface area contributed by atoms with Crippen molar-refractivity contribution in [1.29, 1.82) is 0 Å². The molecule has 1 unspecified atom stereocenters. The first kappa shape index (κ1) is 14.0. The van der Waals surface area contributed by atoms with E-state index in [-0.39, 0.29) is 6.04 Å². The van der Waals surface area contributed by atoms with E-state index in [1.165, 1.54) is 5.56 Å². The summed E-state index contributed by atoms with van der Waals surface area (Å²) in [5, 5.41) is 3.53. The van der Waals surface area contributed by atoms with Crippen LogP contribution in [-0.4, -0.2) is 19.8 Å². The number of hydrogen-bond acceptors (Lipinski definition) is 4. The van der Waals surface area contributed by atoms with Crippen molar-refractivity contribution in [2.75, 3.05) is 19.8 Å². The van der Waals surface area contributed by atoms with Gasteiger partial charge in [-0.3, -0.25) is 0 Å². The van der Waals surface area contributed by atoms with E-state index in [1.54, 1.807) is 6.26 Å². The van der Waals surface area contributed by atoms with Gasteiger partial charge in [-0.05, 0) is 30.3 Å². The van der Waals surface area contributed by atoms with Gasteiger partial charge < -0.3 is 19.2 Å². The van der Waals surface area contributed by atoms with Crippen LogP contribution in [0, 0.1) is 0 Å². The molecule has 0 saturated heterocycles. The average Bonchev–Trinajstić information content (AvgIpc) is 3.00. The van der Waals surface area contributed by atoms with Crippen molar-refractivity contribution in [3.63, 3.8) is 0 Å². The number of aryl methyl sites for hydroxylation is 1. The lowest BCUT2D eigenvalue weighted by molar-refractivity contribution is 0.171. The third kappa shape index (κ3) is 2.76. The highest BCUT2D eigenvalue weighted by Crippen LogP contribution is 2.35. The SMILES string of the molecule is CCNC(c1ccc2c(c1)OCCO2)c1ccoc1CC. The van der Waals surface area contributed by atoms with Crippen molar-refractivity contribution < 1.29 is 13.9 Å². The highest BCUT2D eigenvalue weighted by molar-refractivity contribution is 5.47. The maximum absolute atomic E-state index is 5.69. The van der Waals surface area contributed by atoms with Gasteiger partial charge in [0.25, 0.3) is 0 Å². The molecule has 2 heterocycles. The minimum Gasteiger partial charge on any atom is -0.486 e. The molecule has 21 heavy (non-hydrogen) atoms. The molecule has 1 aliphatic rings. The predicted molar refractivity (Wildman–Crippen MR) is 81.0 cm³/mol. The molecule has 0 fully saturated rings. The standard InChI is InChI=1S/C17H21NO3/c1-3-14-13(7-8-19-14)17(18-4-2)12-5-6-15-16(11-12)21-10-9-20-15/h5-8,11,17-18H,3-4,9-10H2,1-2H3. The van der Waals surface area contributed by atoms with E-state index in [0.717, 1.165) is 35.8 Å². The largest absolute Gasteiger partial charge is 0.486 e. The Morgan fingerprint density at radius 1 is 1.10 bits per heavy atom. The fourth-order valence-corrected chi connectivity index (χ4v) is 2.75. The van der Waals surface area contributed by atoms with Gasteiger partial charge in [0.15, 0.2) is 11.5 Å². The molecule has 1 N–H and O–H groups in total. The molecule has 112 valence electrons. The van der Waals surface area contributed by atoms with Gasteiger partial charge in [-0.1, -0.05) is 19.9 Å². The van der Waals surface area contributed by atoms with Crippen LogP contribution in [0.3, 0.4) is 0 Å². The Bertz CT molecular complexity index is 606. The zero-order chi connectivity index (χ0) is 14.7. The van der Waals surface area contributed by atoms with Crippen molar-refractivity contribution in [1.82, 2.24) is 5.32 Å². The number of rotatable bonds is 5. The van der Waals surface area contributed by atoms with Crippen LogP contribution in [0.5, 0.6) is 11.5 Å². The van der Waals surface area contributed by atoms with Crippen LogP contribution in [0.1, 0.15) is 36.8 Å². The van der Waals surface area contributed by atoms with Gasteiger partial charge in [0, 0.05) is 12.0 Å². The molecular weight excluding hydrogens is 266 g/mol. The summed E-state index contributed by atoms with van der Waals surface area (Å²) in [7, 11) is 0. The predicted octanol–water partition coefficient (Wildman–Crippen LogP) is 3.31. The monoisotopic (exact) mass is 287 g/mol. The Balaban J connectivity index is 1.97. The molecule has 0 bridgehead atoms. The van der Waals surface area contributed by atoms with E-state index in [1.807, 2.05) is 12.1 Å². The number of nitrogens with one attached hydrogen (secondary N) is 1. The molecule has 0 spiro atoms. The van der Waals surface area contributed by atoms with Crippen LogP contribution in [0.4, 0.5) is 0 Å². The average molecular weight is 287 g/mol. The Hall–Kier alpha value is -1.94. The number of furan rings is 1.